The van der Waals surface area contributed by atoms with Crippen LogP contribution >= 0.6 is 0 Å². The van der Waals surface area contributed by atoms with Crippen molar-refractivity contribution < 1.29 is 24.5 Å². The zero-order valence-electron chi connectivity index (χ0n) is 32.2. The Balaban J connectivity index is 0.000000245. The maximum atomic E-state index is 6.46. The van der Waals surface area contributed by atoms with E-state index in [1.54, 1.807) is 0 Å². The van der Waals surface area contributed by atoms with Gasteiger partial charge in [-0.05, 0) is 17.9 Å². The molecule has 52 heavy (non-hydrogen) atoms. The van der Waals surface area contributed by atoms with E-state index in [0.29, 0.717) is 0 Å². The Morgan fingerprint density at radius 1 is 0.673 bits per heavy atom. The molecule has 0 saturated carbocycles. The van der Waals surface area contributed by atoms with Crippen LogP contribution in [0.15, 0.2) is 114 Å². The zero-order chi connectivity index (χ0) is 36.6. The van der Waals surface area contributed by atoms with Crippen molar-refractivity contribution in [1.29, 1.82) is 0 Å². The summed E-state index contributed by atoms with van der Waals surface area (Å²) in [4.78, 5) is 9.23. The van der Waals surface area contributed by atoms with Crippen LogP contribution in [0.5, 0.6) is 0 Å². The quantitative estimate of drug-likeness (QED) is 0.123. The van der Waals surface area contributed by atoms with Gasteiger partial charge in [0.15, 0.2) is 0 Å². The standard InChI is InChI=1S/C31H32GeNO.C15H18GeN.Ir/c1-31(2,3)20-21-16-17-33-28(18-21)27-9-7-8-26-25-15-12-23(19-29(25)34-30(26)27)22-10-13-24(14-11-22)32(4,5)6;1-12-5-7-13(8-6-12)15-10-9-14(11-17-15)16(2,3)4;/h7-8,10-19H,20H2,1-6H3;5-7,9-11H,1-4H3;/q2*-1;. The minimum Gasteiger partial charge on any atom is 0 e. The van der Waals surface area contributed by atoms with Gasteiger partial charge in [0, 0.05) is 26.3 Å². The van der Waals surface area contributed by atoms with E-state index in [1.807, 2.05) is 24.5 Å². The molecule has 0 N–H and O–H groups in total. The van der Waals surface area contributed by atoms with Crippen molar-refractivity contribution in [2.45, 2.75) is 68.7 Å². The number of hydrogen-bond donors (Lipinski definition) is 0. The molecule has 4 aromatic carbocycles. The molecule has 0 atom stereocenters. The molecule has 0 fully saturated rings. The normalized spacial score (nSPS) is 12.0. The van der Waals surface area contributed by atoms with E-state index >= 15 is 0 Å². The molecule has 7 rings (SSSR count). The number of aromatic nitrogens is 2. The molecule has 0 saturated heterocycles. The predicted molar refractivity (Wildman–Crippen MR) is 224 cm³/mol. The SMILES string of the molecule is CC(C)(C)Cc1ccnc(-c2[c-]ccc3c2oc2cc(-c4cc[c]([Ge]([CH3])([CH3])[CH3])cc4)ccc23)c1.Cc1c[c-]c(-c2cc[c]([Ge]([CH3])([CH3])[CH3])cn2)cc1.[Ir]. The number of pyridine rings is 2. The number of aryl methyl sites for hydroxylation is 1. The smallest absolute Gasteiger partial charge is 0 e. The summed E-state index contributed by atoms with van der Waals surface area (Å²) in [6.07, 6.45) is 4.94. The van der Waals surface area contributed by atoms with E-state index in [9.17, 15) is 0 Å². The fourth-order valence-electron chi connectivity index (χ4n) is 6.27. The number of rotatable bonds is 6. The number of nitrogens with zero attached hydrogens (tertiary/aromatic N) is 2. The zero-order valence-corrected chi connectivity index (χ0v) is 38.8. The minimum absolute atomic E-state index is 0. The third-order valence-electron chi connectivity index (χ3n) is 9.21. The molecule has 1 radical (unpaired) electrons. The van der Waals surface area contributed by atoms with Gasteiger partial charge in [-0.15, -0.1) is 0 Å². The topological polar surface area (TPSA) is 38.9 Å². The van der Waals surface area contributed by atoms with Crippen molar-refractivity contribution in [3.63, 3.8) is 0 Å². The summed E-state index contributed by atoms with van der Waals surface area (Å²) in [5.74, 6) is 14.4. The molecule has 0 unspecified atom stereocenters. The van der Waals surface area contributed by atoms with E-state index < -0.39 is 26.5 Å². The first kappa shape index (κ1) is 39.9. The molecule has 0 aliphatic carbocycles. The van der Waals surface area contributed by atoms with E-state index in [4.69, 9.17) is 4.42 Å². The summed E-state index contributed by atoms with van der Waals surface area (Å²) in [5.41, 5.74) is 10.8. The monoisotopic (exact) mass is 987 g/mol. The second-order valence-corrected chi connectivity index (χ2v) is 38.3. The number of hydrogen-bond acceptors (Lipinski definition) is 3. The van der Waals surface area contributed by atoms with Gasteiger partial charge in [-0.3, -0.25) is 0 Å². The fourth-order valence-corrected chi connectivity index (χ4v) is 10.9. The van der Waals surface area contributed by atoms with Gasteiger partial charge in [-0.1, -0.05) is 26.3 Å². The van der Waals surface area contributed by atoms with Crippen LogP contribution in [-0.2, 0) is 26.5 Å². The molecule has 3 aromatic heterocycles. The first-order valence-corrected chi connectivity index (χ1v) is 32.6. The molecular formula is C46H50Ge2IrN2O-2. The average molecular weight is 984 g/mol. The van der Waals surface area contributed by atoms with Crippen molar-refractivity contribution in [3.8, 4) is 33.6 Å². The Labute approximate surface area is 329 Å². The van der Waals surface area contributed by atoms with Gasteiger partial charge < -0.3 is 0 Å². The Morgan fingerprint density at radius 2 is 1.37 bits per heavy atom. The summed E-state index contributed by atoms with van der Waals surface area (Å²) >= 11 is -3.54. The molecule has 6 heteroatoms. The summed E-state index contributed by atoms with van der Waals surface area (Å²) in [6.45, 7) is 8.85. The van der Waals surface area contributed by atoms with Crippen LogP contribution < -0.4 is 8.79 Å². The van der Waals surface area contributed by atoms with Crippen molar-refractivity contribution in [2.75, 3.05) is 0 Å². The van der Waals surface area contributed by atoms with E-state index in [0.717, 1.165) is 50.9 Å². The van der Waals surface area contributed by atoms with Gasteiger partial charge in [-0.25, -0.2) is 0 Å². The molecule has 3 heterocycles. The molecular weight excluding hydrogens is 934 g/mol. The third kappa shape index (κ3) is 9.62. The van der Waals surface area contributed by atoms with Crippen molar-refractivity contribution >= 4 is 57.3 Å². The maximum absolute atomic E-state index is 6.46. The van der Waals surface area contributed by atoms with Crippen LogP contribution in [0.4, 0.5) is 0 Å². The van der Waals surface area contributed by atoms with Crippen LogP contribution in [0.3, 0.4) is 0 Å². The van der Waals surface area contributed by atoms with Crippen molar-refractivity contribution in [2.24, 2.45) is 5.41 Å². The largest absolute Gasteiger partial charge is 0 e. The van der Waals surface area contributed by atoms with Crippen LogP contribution in [0.1, 0.15) is 31.9 Å². The Bertz CT molecular complexity index is 2270. The van der Waals surface area contributed by atoms with Crippen LogP contribution in [-0.4, -0.2) is 36.5 Å². The Morgan fingerprint density at radius 3 is 1.98 bits per heavy atom. The fraction of sp³-hybridized carbons (Fsp3) is 0.261. The van der Waals surface area contributed by atoms with Gasteiger partial charge in [-0.2, -0.15) is 0 Å². The van der Waals surface area contributed by atoms with Gasteiger partial charge in [0.2, 0.25) is 0 Å². The van der Waals surface area contributed by atoms with Gasteiger partial charge >= 0.3 is 262 Å². The van der Waals surface area contributed by atoms with Gasteiger partial charge in [0.05, 0.1) is 0 Å². The van der Waals surface area contributed by atoms with Gasteiger partial charge in [0.1, 0.15) is 0 Å². The molecule has 0 amide bonds. The molecule has 0 bridgehead atoms. The number of furan rings is 1. The van der Waals surface area contributed by atoms with Crippen LogP contribution in [0.25, 0.3) is 55.6 Å². The van der Waals surface area contributed by atoms with Crippen molar-refractivity contribution in [3.05, 3.63) is 133 Å². The average Bonchev–Trinajstić information content (AvgIpc) is 3.46. The van der Waals surface area contributed by atoms with E-state index in [2.05, 4.69) is 169 Å². The summed E-state index contributed by atoms with van der Waals surface area (Å²) in [7, 11) is 0. The van der Waals surface area contributed by atoms with Crippen LogP contribution in [0.2, 0.25) is 34.5 Å². The molecule has 7 aromatic rings. The second-order valence-electron chi connectivity index (χ2n) is 17.0. The first-order valence-electron chi connectivity index (χ1n) is 17.9. The third-order valence-corrected chi connectivity index (χ3v) is 17.8. The maximum Gasteiger partial charge on any atom is 0 e. The Hall–Kier alpha value is -3.28. The molecule has 269 valence electrons. The number of fused-ring (bicyclic) bond motifs is 3. The molecule has 3 nitrogen and oxygen atoms in total. The minimum atomic E-state index is -1.82. The van der Waals surface area contributed by atoms with Crippen molar-refractivity contribution in [1.82, 2.24) is 9.97 Å². The summed E-state index contributed by atoms with van der Waals surface area (Å²) in [6, 6.07) is 41.2. The van der Waals surface area contributed by atoms with Gasteiger partial charge in [0.25, 0.3) is 0 Å². The summed E-state index contributed by atoms with van der Waals surface area (Å²) < 4.78 is 9.43. The Kier molecular flexibility index (Phi) is 12.3. The molecule has 0 spiro atoms. The first-order chi connectivity index (χ1) is 24.0. The van der Waals surface area contributed by atoms with E-state index in [1.165, 1.54) is 31.0 Å². The molecule has 0 aliphatic heterocycles. The number of benzene rings is 4. The molecule has 0 aliphatic rings. The van der Waals surface area contributed by atoms with Crippen LogP contribution in [0, 0.1) is 24.5 Å². The second kappa shape index (κ2) is 16.0. The summed E-state index contributed by atoms with van der Waals surface area (Å²) in [5, 5.41) is 2.23. The predicted octanol–water partition coefficient (Wildman–Crippen LogP) is 11.6. The van der Waals surface area contributed by atoms with E-state index in [-0.39, 0.29) is 25.5 Å².